The Bertz CT molecular complexity index is 1120. The van der Waals surface area contributed by atoms with Gasteiger partial charge in [-0.25, -0.2) is 21.6 Å². The molecule has 2 aromatic carbocycles. The van der Waals surface area contributed by atoms with E-state index in [-0.39, 0.29) is 34.1 Å². The van der Waals surface area contributed by atoms with E-state index in [9.17, 15) is 21.6 Å². The molecular weight excluding hydrogens is 395 g/mol. The van der Waals surface area contributed by atoms with E-state index in [1.807, 2.05) is 0 Å². The van der Waals surface area contributed by atoms with Gasteiger partial charge >= 0.3 is 0 Å². The van der Waals surface area contributed by atoms with Crippen molar-refractivity contribution in [2.45, 2.75) is 17.4 Å². The first-order valence-corrected chi connectivity index (χ1v) is 9.58. The van der Waals surface area contributed by atoms with E-state index in [1.165, 1.54) is 6.07 Å². The molecule has 10 heteroatoms. The molecule has 0 aliphatic carbocycles. The summed E-state index contributed by atoms with van der Waals surface area (Å²) in [6.07, 6.45) is -3.09. The van der Waals surface area contributed by atoms with Crippen LogP contribution in [0.1, 0.15) is 29.2 Å². The van der Waals surface area contributed by atoms with Crippen molar-refractivity contribution in [1.82, 2.24) is 5.32 Å². The number of hydrogen-bond acceptors (Lipinski definition) is 6. The van der Waals surface area contributed by atoms with E-state index in [0.717, 1.165) is 24.3 Å². The molecule has 1 N–H and O–H groups in total. The number of benzene rings is 2. The highest BCUT2D eigenvalue weighted by atomic mass is 32.2. The molecule has 28 heavy (non-hydrogen) atoms. The van der Waals surface area contributed by atoms with Crippen molar-refractivity contribution in [3.8, 4) is 23.6 Å². The summed E-state index contributed by atoms with van der Waals surface area (Å²) >= 11 is 0. The molecule has 2 aromatic rings. The van der Waals surface area contributed by atoms with E-state index >= 15 is 0 Å². The lowest BCUT2D eigenvalue weighted by Gasteiger charge is -2.18. The average molecular weight is 407 g/mol. The second-order valence-corrected chi connectivity index (χ2v) is 7.96. The summed E-state index contributed by atoms with van der Waals surface area (Å²) in [5.74, 6) is -1.79. The number of fused-ring (bicyclic) bond motifs is 1. The highest BCUT2D eigenvalue weighted by Gasteiger charge is 2.39. The zero-order chi connectivity index (χ0) is 20.5. The van der Waals surface area contributed by atoms with Gasteiger partial charge in [0.25, 0.3) is 6.43 Å². The fourth-order valence-corrected chi connectivity index (χ4v) is 4.84. The van der Waals surface area contributed by atoms with Crippen molar-refractivity contribution >= 4 is 9.84 Å². The number of ether oxygens (including phenoxy) is 1. The second-order valence-electron chi connectivity index (χ2n) is 5.95. The number of hydrogen-bond donors (Lipinski definition) is 1. The molecule has 144 valence electrons. The largest absolute Gasteiger partial charge is 0.457 e. The Kier molecular flexibility index (Phi) is 5.27. The first-order chi connectivity index (χ1) is 13.3. The molecule has 3 rings (SSSR count). The van der Waals surface area contributed by atoms with Gasteiger partial charge in [0.2, 0.25) is 0 Å². The fraction of sp³-hybridized carbons (Fsp3) is 0.222. The number of rotatable bonds is 5. The van der Waals surface area contributed by atoms with Crippen molar-refractivity contribution in [3.63, 3.8) is 0 Å². The van der Waals surface area contributed by atoms with Crippen molar-refractivity contribution < 1.29 is 26.3 Å². The molecule has 0 saturated heterocycles. The maximum atomic E-state index is 13.9. The monoisotopic (exact) mass is 407 g/mol. The van der Waals surface area contributed by atoms with E-state index in [1.54, 1.807) is 12.1 Å². The van der Waals surface area contributed by atoms with Crippen LogP contribution in [0.25, 0.3) is 0 Å². The van der Waals surface area contributed by atoms with Gasteiger partial charge in [-0.1, -0.05) is 0 Å². The number of halogens is 3. The maximum absolute atomic E-state index is 13.9. The van der Waals surface area contributed by atoms with Crippen molar-refractivity contribution in [3.05, 3.63) is 52.8 Å². The van der Waals surface area contributed by atoms with Gasteiger partial charge in [0.05, 0.1) is 40.5 Å². The van der Waals surface area contributed by atoms with Crippen LogP contribution in [0.2, 0.25) is 0 Å². The summed E-state index contributed by atoms with van der Waals surface area (Å²) in [7, 11) is -3.81. The van der Waals surface area contributed by atoms with Gasteiger partial charge in [-0.15, -0.1) is 0 Å². The quantitative estimate of drug-likeness (QED) is 0.763. The minimum atomic E-state index is -3.81. The van der Waals surface area contributed by atoms with Gasteiger partial charge in [0.1, 0.15) is 17.3 Å². The fourth-order valence-electron chi connectivity index (χ4n) is 3.08. The van der Waals surface area contributed by atoms with E-state index in [4.69, 9.17) is 15.3 Å². The molecule has 0 fully saturated rings. The average Bonchev–Trinajstić information content (AvgIpc) is 2.89. The third kappa shape index (κ3) is 3.65. The van der Waals surface area contributed by atoms with Gasteiger partial charge in [0.15, 0.2) is 9.84 Å². The van der Waals surface area contributed by atoms with E-state index < -0.39 is 39.4 Å². The van der Waals surface area contributed by atoms with Crippen molar-refractivity contribution in [2.24, 2.45) is 0 Å². The van der Waals surface area contributed by atoms with Gasteiger partial charge < -0.3 is 4.74 Å². The molecule has 1 aliphatic rings. The van der Waals surface area contributed by atoms with Crippen LogP contribution in [0, 0.1) is 28.5 Å². The molecule has 1 heterocycles. The number of sulfone groups is 1. The first-order valence-electron chi connectivity index (χ1n) is 7.93. The number of nitrogens with one attached hydrogen (secondary N) is 1. The molecule has 0 bridgehead atoms. The third-order valence-corrected chi connectivity index (χ3v) is 5.95. The third-order valence-electron chi connectivity index (χ3n) is 4.15. The molecule has 0 aromatic heterocycles. The second kappa shape index (κ2) is 7.50. The lowest BCUT2D eigenvalue weighted by molar-refractivity contribution is 0.146. The predicted molar refractivity (Wildman–Crippen MR) is 91.0 cm³/mol. The summed E-state index contributed by atoms with van der Waals surface area (Å²) in [6, 6.07) is 7.77. The van der Waals surface area contributed by atoms with Gasteiger partial charge in [-0.05, 0) is 24.3 Å². The van der Waals surface area contributed by atoms with Crippen molar-refractivity contribution in [1.29, 1.82) is 10.5 Å². The predicted octanol–water partition coefficient (Wildman–Crippen LogP) is 3.37. The van der Waals surface area contributed by atoms with E-state index in [2.05, 4.69) is 5.32 Å². The van der Waals surface area contributed by atoms with Gasteiger partial charge in [0, 0.05) is 17.7 Å². The number of alkyl halides is 2. The van der Waals surface area contributed by atoms with Crippen LogP contribution in [0.4, 0.5) is 13.2 Å². The number of nitrogens with zero attached hydrogens (tertiary/aromatic N) is 2. The molecule has 6 nitrogen and oxygen atoms in total. The summed E-state index contributed by atoms with van der Waals surface area (Å²) in [4.78, 5) is -0.262. The topological polar surface area (TPSA) is 103 Å². The van der Waals surface area contributed by atoms with Crippen LogP contribution < -0.4 is 10.1 Å². The Balaban J connectivity index is 2.13. The lowest BCUT2D eigenvalue weighted by Crippen LogP contribution is -2.24. The SMILES string of the molecule is N#CCNC1CS(=O)(=O)c2ccc(Oc3cc(F)cc(C#N)c3)c(C(F)F)c21. The van der Waals surface area contributed by atoms with Crippen LogP contribution in [-0.2, 0) is 9.84 Å². The minimum absolute atomic E-state index is 0.0640. The van der Waals surface area contributed by atoms with Crippen LogP contribution in [0.5, 0.6) is 11.5 Å². The minimum Gasteiger partial charge on any atom is -0.457 e. The molecule has 1 unspecified atom stereocenters. The maximum Gasteiger partial charge on any atom is 0.267 e. The number of nitriles is 2. The molecule has 0 amide bonds. The molecular formula is C18H12F3N3O3S. The smallest absolute Gasteiger partial charge is 0.267 e. The Labute approximate surface area is 158 Å². The molecule has 1 atom stereocenters. The molecule has 0 spiro atoms. The lowest BCUT2D eigenvalue weighted by atomic mass is 10.0. The highest BCUT2D eigenvalue weighted by Crippen LogP contribution is 2.45. The standard InChI is InChI=1S/C18H12F3N3O3S/c19-11-5-10(8-23)6-12(7-11)27-14-1-2-15-16(17(14)18(20)21)13(24-4-3-22)9-28(15,25)26/h1-2,5-7,13,18,24H,4,9H2. The Hall–Kier alpha value is -3.08. The summed E-state index contributed by atoms with van der Waals surface area (Å²) in [5.41, 5.74) is -0.887. The Morgan fingerprint density at radius 3 is 2.64 bits per heavy atom. The first kappa shape index (κ1) is 19.7. The zero-order valence-electron chi connectivity index (χ0n) is 14.1. The Morgan fingerprint density at radius 2 is 2.00 bits per heavy atom. The van der Waals surface area contributed by atoms with Crippen LogP contribution >= 0.6 is 0 Å². The van der Waals surface area contributed by atoms with E-state index in [0.29, 0.717) is 0 Å². The van der Waals surface area contributed by atoms with Crippen LogP contribution in [-0.4, -0.2) is 20.7 Å². The highest BCUT2D eigenvalue weighted by molar-refractivity contribution is 7.91. The van der Waals surface area contributed by atoms with Gasteiger partial charge in [-0.3, -0.25) is 5.32 Å². The molecule has 0 radical (unpaired) electrons. The summed E-state index contributed by atoms with van der Waals surface area (Å²) in [5, 5.41) is 20.2. The van der Waals surface area contributed by atoms with Crippen LogP contribution in [0.3, 0.4) is 0 Å². The Morgan fingerprint density at radius 1 is 1.25 bits per heavy atom. The van der Waals surface area contributed by atoms with Crippen LogP contribution in [0.15, 0.2) is 35.2 Å². The molecule has 1 aliphatic heterocycles. The zero-order valence-corrected chi connectivity index (χ0v) is 14.9. The molecule has 0 saturated carbocycles. The summed E-state index contributed by atoms with van der Waals surface area (Å²) in [6.45, 7) is -0.233. The van der Waals surface area contributed by atoms with Crippen molar-refractivity contribution in [2.75, 3.05) is 12.3 Å². The van der Waals surface area contributed by atoms with Gasteiger partial charge in [-0.2, -0.15) is 10.5 Å². The normalized spacial score (nSPS) is 17.0. The summed E-state index contributed by atoms with van der Waals surface area (Å²) < 4.78 is 71.3.